The minimum atomic E-state index is -0.153. The quantitative estimate of drug-likeness (QED) is 0.515. The molecule has 2 bridgehead atoms. The molecular weight excluding hydrogens is 128 g/mol. The van der Waals surface area contributed by atoms with E-state index in [1.54, 1.807) is 7.05 Å². The van der Waals surface area contributed by atoms with Crippen LogP contribution in [0.2, 0.25) is 0 Å². The number of carbonyl (C=O) groups is 1. The van der Waals surface area contributed by atoms with Gasteiger partial charge in [0.05, 0.1) is 5.54 Å². The molecule has 0 aromatic rings. The van der Waals surface area contributed by atoms with Crippen LogP contribution < -0.4 is 10.6 Å². The molecule has 1 saturated carbocycles. The zero-order valence-electron chi connectivity index (χ0n) is 6.11. The Morgan fingerprint density at radius 3 is 2.80 bits per heavy atom. The van der Waals surface area contributed by atoms with Crippen LogP contribution in [-0.4, -0.2) is 25.0 Å². The monoisotopic (exact) mass is 140 g/mol. The number of nitrogens with one attached hydrogen (secondary N) is 2. The van der Waals surface area contributed by atoms with Crippen molar-refractivity contribution in [3.05, 3.63) is 0 Å². The molecule has 3 heteroatoms. The Morgan fingerprint density at radius 2 is 2.40 bits per heavy atom. The topological polar surface area (TPSA) is 41.1 Å². The number of carbonyl (C=O) groups excluding carboxylic acids is 1. The second kappa shape index (κ2) is 1.72. The van der Waals surface area contributed by atoms with E-state index in [1.807, 2.05) is 0 Å². The van der Waals surface area contributed by atoms with Crippen molar-refractivity contribution in [3.8, 4) is 0 Å². The molecule has 2 aliphatic heterocycles. The minimum absolute atomic E-state index is 0.153. The van der Waals surface area contributed by atoms with E-state index < -0.39 is 0 Å². The Bertz CT molecular complexity index is 167. The summed E-state index contributed by atoms with van der Waals surface area (Å²) in [7, 11) is 1.70. The van der Waals surface area contributed by atoms with E-state index in [2.05, 4.69) is 10.6 Å². The lowest BCUT2D eigenvalue weighted by Crippen LogP contribution is -2.55. The summed E-state index contributed by atoms with van der Waals surface area (Å²) in [5, 5.41) is 5.93. The highest BCUT2D eigenvalue weighted by Gasteiger charge is 2.54. The van der Waals surface area contributed by atoms with Crippen LogP contribution in [0, 0.1) is 5.92 Å². The van der Waals surface area contributed by atoms with Gasteiger partial charge in [-0.25, -0.2) is 0 Å². The van der Waals surface area contributed by atoms with E-state index in [-0.39, 0.29) is 11.4 Å². The van der Waals surface area contributed by atoms with Crippen molar-refractivity contribution in [1.82, 2.24) is 10.6 Å². The molecule has 1 amide bonds. The summed E-state index contributed by atoms with van der Waals surface area (Å²) in [6, 6.07) is 0. The van der Waals surface area contributed by atoms with Crippen LogP contribution in [0.25, 0.3) is 0 Å². The number of rotatable bonds is 1. The molecule has 0 spiro atoms. The van der Waals surface area contributed by atoms with Crippen molar-refractivity contribution >= 4 is 5.91 Å². The van der Waals surface area contributed by atoms with Crippen LogP contribution >= 0.6 is 0 Å². The fourth-order valence-corrected chi connectivity index (χ4v) is 2.06. The van der Waals surface area contributed by atoms with Gasteiger partial charge in [-0.2, -0.15) is 0 Å². The highest BCUT2D eigenvalue weighted by Crippen LogP contribution is 2.43. The largest absolute Gasteiger partial charge is 0.358 e. The Labute approximate surface area is 60.2 Å². The van der Waals surface area contributed by atoms with Gasteiger partial charge in [0, 0.05) is 7.05 Å². The van der Waals surface area contributed by atoms with Crippen molar-refractivity contribution in [1.29, 1.82) is 0 Å². The third-order valence-corrected chi connectivity index (χ3v) is 2.67. The molecule has 3 aliphatic rings. The smallest absolute Gasteiger partial charge is 0.240 e. The first kappa shape index (κ1) is 6.16. The zero-order chi connectivity index (χ0) is 7.19. The van der Waals surface area contributed by atoms with E-state index >= 15 is 0 Å². The van der Waals surface area contributed by atoms with E-state index in [0.717, 1.165) is 25.3 Å². The Hall–Kier alpha value is -0.570. The van der Waals surface area contributed by atoms with Gasteiger partial charge in [0.2, 0.25) is 5.91 Å². The molecule has 0 unspecified atom stereocenters. The van der Waals surface area contributed by atoms with Gasteiger partial charge in [0.1, 0.15) is 0 Å². The maximum Gasteiger partial charge on any atom is 0.240 e. The first-order valence-electron chi connectivity index (χ1n) is 3.74. The maximum atomic E-state index is 11.2. The standard InChI is InChI=1S/C7H12N2O/c1-8-6(10)7-2-5(3-7)4-9-7/h5,9H,2-4H2,1H3,(H,8,10). The fourth-order valence-electron chi connectivity index (χ4n) is 2.06. The lowest BCUT2D eigenvalue weighted by atomic mass is 9.73. The third kappa shape index (κ3) is 0.560. The summed E-state index contributed by atoms with van der Waals surface area (Å²) in [5.74, 6) is 0.943. The average molecular weight is 140 g/mol. The molecule has 10 heavy (non-hydrogen) atoms. The van der Waals surface area contributed by atoms with E-state index in [4.69, 9.17) is 0 Å². The Morgan fingerprint density at radius 1 is 1.70 bits per heavy atom. The normalized spacial score (nSPS) is 42.7. The molecule has 0 radical (unpaired) electrons. The molecule has 0 atom stereocenters. The molecule has 3 fully saturated rings. The lowest BCUT2D eigenvalue weighted by Gasteiger charge is -2.35. The minimum Gasteiger partial charge on any atom is -0.358 e. The predicted molar refractivity (Wildman–Crippen MR) is 37.5 cm³/mol. The highest BCUT2D eigenvalue weighted by atomic mass is 16.2. The summed E-state index contributed by atoms with van der Waals surface area (Å²) in [6.07, 6.45) is 2.10. The van der Waals surface area contributed by atoms with Crippen LogP contribution in [0.15, 0.2) is 0 Å². The predicted octanol–water partition coefficient (Wildman–Crippen LogP) is -0.516. The van der Waals surface area contributed by atoms with Gasteiger partial charge in [-0.15, -0.1) is 0 Å². The Kier molecular flexibility index (Phi) is 1.06. The van der Waals surface area contributed by atoms with E-state index in [1.165, 1.54) is 0 Å². The maximum absolute atomic E-state index is 11.2. The zero-order valence-corrected chi connectivity index (χ0v) is 6.11. The summed E-state index contributed by atoms with van der Waals surface area (Å²) < 4.78 is 0. The Balaban J connectivity index is 2.10. The molecular formula is C7H12N2O. The average Bonchev–Trinajstić information content (AvgIpc) is 2.41. The summed E-state index contributed by atoms with van der Waals surface area (Å²) in [4.78, 5) is 11.2. The van der Waals surface area contributed by atoms with Crippen molar-refractivity contribution < 1.29 is 4.79 Å². The van der Waals surface area contributed by atoms with Gasteiger partial charge >= 0.3 is 0 Å². The van der Waals surface area contributed by atoms with Gasteiger partial charge in [-0.05, 0) is 25.3 Å². The van der Waals surface area contributed by atoms with E-state index in [9.17, 15) is 4.79 Å². The van der Waals surface area contributed by atoms with Crippen molar-refractivity contribution in [2.45, 2.75) is 18.4 Å². The fraction of sp³-hybridized carbons (Fsp3) is 0.857. The van der Waals surface area contributed by atoms with Crippen LogP contribution in [0.4, 0.5) is 0 Å². The number of fused-ring (bicyclic) bond motifs is 1. The number of hydrogen-bond acceptors (Lipinski definition) is 2. The molecule has 2 N–H and O–H groups in total. The van der Waals surface area contributed by atoms with Crippen molar-refractivity contribution in [2.75, 3.05) is 13.6 Å². The molecule has 3 nitrogen and oxygen atoms in total. The third-order valence-electron chi connectivity index (χ3n) is 2.67. The van der Waals surface area contributed by atoms with Gasteiger partial charge in [-0.1, -0.05) is 0 Å². The van der Waals surface area contributed by atoms with Crippen LogP contribution in [0.3, 0.4) is 0 Å². The molecule has 56 valence electrons. The molecule has 0 aromatic heterocycles. The number of hydrogen-bond donors (Lipinski definition) is 2. The van der Waals surface area contributed by atoms with Crippen LogP contribution in [-0.2, 0) is 4.79 Å². The van der Waals surface area contributed by atoms with Crippen LogP contribution in [0.1, 0.15) is 12.8 Å². The van der Waals surface area contributed by atoms with Crippen LogP contribution in [0.5, 0.6) is 0 Å². The summed E-state index contributed by atoms with van der Waals surface area (Å²) >= 11 is 0. The highest BCUT2D eigenvalue weighted by molar-refractivity contribution is 5.88. The first-order chi connectivity index (χ1) is 4.77. The van der Waals surface area contributed by atoms with Gasteiger partial charge in [-0.3, -0.25) is 4.79 Å². The summed E-state index contributed by atoms with van der Waals surface area (Å²) in [6.45, 7) is 1.04. The number of amides is 1. The summed E-state index contributed by atoms with van der Waals surface area (Å²) in [5.41, 5.74) is -0.153. The SMILES string of the molecule is CNC(=O)C12CC(CN1)C2. The van der Waals surface area contributed by atoms with Crippen molar-refractivity contribution in [3.63, 3.8) is 0 Å². The van der Waals surface area contributed by atoms with Gasteiger partial charge in [0.15, 0.2) is 0 Å². The van der Waals surface area contributed by atoms with Gasteiger partial charge < -0.3 is 10.6 Å². The lowest BCUT2D eigenvalue weighted by molar-refractivity contribution is -0.129. The molecule has 2 heterocycles. The second-order valence-electron chi connectivity index (χ2n) is 3.32. The molecule has 2 saturated heterocycles. The molecule has 3 rings (SSSR count). The molecule has 0 aromatic carbocycles. The molecule has 1 aliphatic carbocycles. The van der Waals surface area contributed by atoms with Gasteiger partial charge in [0.25, 0.3) is 0 Å². The second-order valence-corrected chi connectivity index (χ2v) is 3.32. The van der Waals surface area contributed by atoms with Crippen molar-refractivity contribution in [2.24, 2.45) is 5.92 Å². The van der Waals surface area contributed by atoms with E-state index in [0.29, 0.717) is 0 Å². The first-order valence-corrected chi connectivity index (χ1v) is 3.74. The number of likely N-dealkylation sites (N-methyl/N-ethyl adjacent to an activating group) is 1.